The molecule has 16 aromatic rings. The van der Waals surface area contributed by atoms with Crippen molar-refractivity contribution < 1.29 is 80.4 Å². The van der Waals surface area contributed by atoms with Crippen molar-refractivity contribution in [2.24, 2.45) is 0 Å². The molecule has 16 heteroatoms. The molecule has 4 radical (unpaired) electrons. The Balaban J connectivity index is 0.000000172. The van der Waals surface area contributed by atoms with Crippen molar-refractivity contribution in [3.05, 3.63) is 355 Å². The third-order valence-electron chi connectivity index (χ3n) is 20.9. The molecule has 0 aliphatic rings. The Bertz CT molecular complexity index is 5810. The molecule has 584 valence electrons. The van der Waals surface area contributed by atoms with E-state index in [-0.39, 0.29) is 80.4 Å². The van der Waals surface area contributed by atoms with Gasteiger partial charge in [-0.25, -0.2) is 0 Å². The van der Waals surface area contributed by atoms with Crippen LogP contribution < -0.4 is 0 Å². The van der Waals surface area contributed by atoms with Gasteiger partial charge in [-0.15, -0.1) is 164 Å². The molecule has 0 aliphatic heterocycles. The average molecular weight is 2210 g/mol. The van der Waals surface area contributed by atoms with Crippen LogP contribution >= 0.6 is 0 Å². The largest absolute Gasteiger partial charge is 0.316 e. The van der Waals surface area contributed by atoms with Gasteiger partial charge in [-0.05, 0) is 226 Å². The predicted molar refractivity (Wildman–Crippen MR) is 450 cm³/mol. The summed E-state index contributed by atoms with van der Waals surface area (Å²) in [5.74, 6) is 6.70. The van der Waals surface area contributed by atoms with Gasteiger partial charge >= 0.3 is 0 Å². The molecule has 0 fully saturated rings. The van der Waals surface area contributed by atoms with Gasteiger partial charge in [0.1, 0.15) is 0 Å². The molecule has 0 saturated carbocycles. The summed E-state index contributed by atoms with van der Waals surface area (Å²) >= 11 is 0. The molecule has 0 bridgehead atoms. The fourth-order valence-corrected chi connectivity index (χ4v) is 14.6. The van der Waals surface area contributed by atoms with E-state index in [1.54, 1.807) is 0 Å². The molecule has 0 unspecified atom stereocenters. The van der Waals surface area contributed by atoms with Crippen LogP contribution in [-0.2, 0) is 80.4 Å². The summed E-state index contributed by atoms with van der Waals surface area (Å²) in [5, 5.41) is 36.9. The van der Waals surface area contributed by atoms with Crippen LogP contribution in [0.25, 0.3) is 114 Å². The predicted octanol–water partition coefficient (Wildman–Crippen LogP) is 23.1. The Morgan fingerprint density at radius 1 is 0.193 bits per heavy atom. The second-order valence-corrected chi connectivity index (χ2v) is 28.8. The third-order valence-corrected chi connectivity index (χ3v) is 20.9. The minimum Gasteiger partial charge on any atom is -0.316 e. The van der Waals surface area contributed by atoms with Crippen LogP contribution in [0.2, 0.25) is 0 Å². The Kier molecular flexibility index (Phi) is 29.8. The number of hydrogen-bond donors (Lipinski definition) is 0. The van der Waals surface area contributed by atoms with E-state index in [2.05, 4.69) is 341 Å². The maximum absolute atomic E-state index is 4.66. The molecule has 12 nitrogen and oxygen atoms in total. The Hall–Kier alpha value is -10.2. The molecule has 4 aromatic heterocycles. The van der Waals surface area contributed by atoms with Crippen molar-refractivity contribution in [2.45, 2.75) is 125 Å². The number of benzene rings is 12. The van der Waals surface area contributed by atoms with Crippen LogP contribution in [0.5, 0.6) is 0 Å². The van der Waals surface area contributed by atoms with Gasteiger partial charge in [0, 0.05) is 125 Å². The minimum absolute atomic E-state index is 0. The first-order valence-electron chi connectivity index (χ1n) is 37.4. The van der Waals surface area contributed by atoms with E-state index in [0.717, 1.165) is 114 Å². The summed E-state index contributed by atoms with van der Waals surface area (Å²) in [4.78, 5) is 0. The van der Waals surface area contributed by atoms with Crippen molar-refractivity contribution in [3.63, 3.8) is 0 Å². The molecule has 0 N–H and O–H groups in total. The van der Waals surface area contributed by atoms with E-state index in [9.17, 15) is 0 Å². The molecule has 0 saturated heterocycles. The minimum atomic E-state index is 0. The fourth-order valence-electron chi connectivity index (χ4n) is 14.6. The SMILES string of the molecule is Cc1cc(C)c(C)c(-c2nnc(-c3[c-]cccc3)n2-c2c(C)cccc2C)c1.Cc1ccc(-c2nnc(-c3[c-]cccc3)n2-c2c(C)cccc2C)c(C)c1C.Cc1ccc(C)c(-c2nnc(-c3[c-]cccc3)n2-c2c(C)cccc2C)c1.Cc1cccc(-c2nnc(-c3[c-]cccc3)n2-c2c(C)cccc2C)c1C.[Ir].[Ir].[Ir].[Ir]. The zero-order valence-electron chi connectivity index (χ0n) is 67.6. The van der Waals surface area contributed by atoms with E-state index in [0.29, 0.717) is 0 Å². The van der Waals surface area contributed by atoms with Gasteiger partial charge in [0.05, 0.1) is 23.3 Å². The molecule has 0 atom stereocenters. The van der Waals surface area contributed by atoms with Crippen LogP contribution in [0.3, 0.4) is 0 Å². The molecule has 0 spiro atoms. The van der Waals surface area contributed by atoms with E-state index in [1.807, 2.05) is 97.1 Å². The van der Waals surface area contributed by atoms with Crippen molar-refractivity contribution in [3.8, 4) is 114 Å². The fraction of sp³-hybridized carbons (Fsp3) is 0.184. The molecule has 12 aromatic carbocycles. The topological polar surface area (TPSA) is 123 Å². The zero-order valence-corrected chi connectivity index (χ0v) is 77.2. The van der Waals surface area contributed by atoms with Crippen LogP contribution in [0, 0.1) is 149 Å². The molecule has 114 heavy (non-hydrogen) atoms. The van der Waals surface area contributed by atoms with Gasteiger partial charge < -0.3 is 18.3 Å². The number of rotatable bonds is 12. The van der Waals surface area contributed by atoms with Crippen LogP contribution in [0.15, 0.2) is 231 Å². The van der Waals surface area contributed by atoms with Crippen molar-refractivity contribution in [1.29, 1.82) is 0 Å². The summed E-state index contributed by atoms with van der Waals surface area (Å²) in [6.45, 7) is 38.5. The average Bonchev–Trinajstić information content (AvgIpc) is 1.62. The Morgan fingerprint density at radius 2 is 0.465 bits per heavy atom. The van der Waals surface area contributed by atoms with Crippen LogP contribution in [-0.4, -0.2) is 59.1 Å². The summed E-state index contributed by atoms with van der Waals surface area (Å²) < 4.78 is 8.74. The van der Waals surface area contributed by atoms with E-state index < -0.39 is 0 Å². The van der Waals surface area contributed by atoms with Crippen molar-refractivity contribution >= 4 is 0 Å². The Morgan fingerprint density at radius 3 is 0.807 bits per heavy atom. The van der Waals surface area contributed by atoms with Crippen molar-refractivity contribution in [2.75, 3.05) is 0 Å². The number of aromatic nitrogens is 12. The van der Waals surface area contributed by atoms with Crippen LogP contribution in [0.4, 0.5) is 0 Å². The number of nitrogens with zero attached hydrogens (tertiary/aromatic N) is 12. The first kappa shape index (κ1) is 87.8. The second kappa shape index (κ2) is 38.8. The standard InChI is InChI=1S/2C25H24N3.2C24H22N3.4Ir/c1-16-14-19(4)20(5)22(15-16)25-27-26-24(21-12-7-6-8-13-21)28(25)23-17(2)10-9-11-18(23)3;1-16-14-15-22(20(5)19(16)4)25-27-26-24(21-12-7-6-8-13-21)28(25)23-17(2)10-9-11-18(23)3;1-16-10-9-15-21(19(16)4)24-26-25-23(20-13-6-5-7-14-20)27(24)22-17(2)11-8-12-18(22)3;1-16-13-14-17(2)21(15-16)24-26-25-23(20-11-6-5-7-12-20)27(24)22-18(3)9-8-10-19(22)4;;;;/h2*6-12,14-15H,1-5H3;5-13,15H,1-4H3;5-11,13-15H,1-4H3;;;;/q4*-1;;;;. The van der Waals surface area contributed by atoms with Gasteiger partial charge in [0.15, 0.2) is 23.3 Å². The summed E-state index contributed by atoms with van der Waals surface area (Å²) in [6, 6.07) is 91.9. The molecule has 0 aliphatic carbocycles. The molecule has 0 amide bonds. The van der Waals surface area contributed by atoms with E-state index in [4.69, 9.17) is 0 Å². The zero-order chi connectivity index (χ0) is 77.6. The summed E-state index contributed by atoms with van der Waals surface area (Å²) in [5.41, 5.74) is 34.7. The molecule has 4 heterocycles. The first-order valence-corrected chi connectivity index (χ1v) is 37.4. The smallest absolute Gasteiger partial charge is 0.159 e. The maximum Gasteiger partial charge on any atom is 0.159 e. The number of aryl methyl sites for hydroxylation is 14. The van der Waals surface area contributed by atoms with Gasteiger partial charge in [-0.1, -0.05) is 132 Å². The Labute approximate surface area is 726 Å². The maximum atomic E-state index is 4.66. The molecular formula is C98H92Ir4N12-4. The third kappa shape index (κ3) is 18.3. The molecular weight excluding hydrogens is 2110 g/mol. The monoisotopic (exact) mass is 2210 g/mol. The van der Waals surface area contributed by atoms with Gasteiger partial charge in [-0.2, -0.15) is 20.4 Å². The summed E-state index contributed by atoms with van der Waals surface area (Å²) in [7, 11) is 0. The summed E-state index contributed by atoms with van der Waals surface area (Å²) in [6.07, 6.45) is 0. The first-order chi connectivity index (χ1) is 53.1. The van der Waals surface area contributed by atoms with Crippen molar-refractivity contribution in [1.82, 2.24) is 59.1 Å². The number of para-hydroxylation sites is 4. The van der Waals surface area contributed by atoms with Gasteiger partial charge in [0.25, 0.3) is 0 Å². The second-order valence-electron chi connectivity index (χ2n) is 28.8. The number of hydrogen-bond acceptors (Lipinski definition) is 8. The quantitative estimate of drug-likeness (QED) is 0.111. The molecule has 16 rings (SSSR count). The normalized spacial score (nSPS) is 10.6. The van der Waals surface area contributed by atoms with Gasteiger partial charge in [-0.3, -0.25) is 0 Å². The van der Waals surface area contributed by atoms with E-state index in [1.165, 1.54) is 100 Å². The van der Waals surface area contributed by atoms with Crippen LogP contribution in [0.1, 0.15) is 100 Å². The van der Waals surface area contributed by atoms with Gasteiger partial charge in [0.2, 0.25) is 0 Å². The van der Waals surface area contributed by atoms with E-state index >= 15 is 0 Å².